The second-order valence-corrected chi connectivity index (χ2v) is 7.01. The lowest BCUT2D eigenvalue weighted by molar-refractivity contribution is 0.369. The first kappa shape index (κ1) is 26.3. The van der Waals surface area contributed by atoms with Crippen LogP contribution in [0.15, 0.2) is 17.7 Å². The molecule has 0 fully saturated rings. The number of methoxy groups -OCH3 is 2. The highest BCUT2D eigenvalue weighted by atomic mass is 19.2. The predicted octanol–water partition coefficient (Wildman–Crippen LogP) is 4.98. The lowest BCUT2D eigenvalue weighted by Gasteiger charge is -2.03. The summed E-state index contributed by atoms with van der Waals surface area (Å²) in [6.07, 6.45) is 0. The van der Waals surface area contributed by atoms with Crippen LogP contribution in [-0.4, -0.2) is 44.1 Å². The summed E-state index contributed by atoms with van der Waals surface area (Å²) in [5, 5.41) is 0. The van der Waals surface area contributed by atoms with Gasteiger partial charge >= 0.3 is 35.4 Å². The molecule has 0 saturated heterocycles. The molecule has 0 saturated carbocycles. The molecule has 8 aromatic rings. The molecule has 0 spiro atoms. The fourth-order valence-electron chi connectivity index (χ4n) is 2.91. The Kier molecular flexibility index (Phi) is 6.43. The van der Waals surface area contributed by atoms with Crippen molar-refractivity contribution < 1.29 is 62.3 Å². The zero-order valence-electron chi connectivity index (χ0n) is 19.2. The normalized spacial score (nSPS) is 11.2. The molecule has 0 aliphatic carbocycles. The van der Waals surface area contributed by atoms with E-state index in [1.165, 1.54) is 0 Å². The van der Waals surface area contributed by atoms with E-state index in [0.717, 1.165) is 14.2 Å². The van der Waals surface area contributed by atoms with E-state index in [1.807, 2.05) is 0 Å². The van der Waals surface area contributed by atoms with Crippen molar-refractivity contribution in [2.75, 3.05) is 14.2 Å². The molecule has 208 valence electrons. The second kappa shape index (κ2) is 9.78. The molecule has 8 rings (SSSR count). The van der Waals surface area contributed by atoms with Gasteiger partial charge in [0.1, 0.15) is 0 Å². The van der Waals surface area contributed by atoms with Gasteiger partial charge in [0.05, 0.1) is 14.2 Å². The van der Waals surface area contributed by atoms with E-state index >= 15 is 0 Å². The number of rotatable bonds is 2. The summed E-state index contributed by atoms with van der Waals surface area (Å²) in [5.74, 6) is -22.4. The third kappa shape index (κ3) is 4.37. The Bertz CT molecular complexity index is 1660. The first-order chi connectivity index (χ1) is 19.0. The Morgan fingerprint density at radius 1 is 0.375 bits per heavy atom. The Balaban J connectivity index is 2.12. The molecule has 8 bridgehead atoms. The van der Waals surface area contributed by atoms with Gasteiger partial charge < -0.3 is 27.1 Å². The van der Waals surface area contributed by atoms with Crippen molar-refractivity contribution in [1.82, 2.24) is 29.9 Å². The van der Waals surface area contributed by atoms with Crippen LogP contribution in [0.25, 0.3) is 45.7 Å². The quantitative estimate of drug-likeness (QED) is 0.205. The molecule has 6 aromatic heterocycles. The molecule has 0 unspecified atom stereocenters. The van der Waals surface area contributed by atoms with Gasteiger partial charge in [-0.1, -0.05) is 0 Å². The van der Waals surface area contributed by atoms with E-state index in [9.17, 15) is 35.1 Å². The molecular weight excluding hydrogens is 572 g/mol. The third-order valence-corrected chi connectivity index (χ3v) is 4.65. The summed E-state index contributed by atoms with van der Waals surface area (Å²) in [5.41, 5.74) is -7.12. The second-order valence-electron chi connectivity index (χ2n) is 7.01. The number of aromatic nitrogens is 6. The number of nitrogens with zero attached hydrogens (tertiary/aromatic N) is 6. The van der Waals surface area contributed by atoms with Gasteiger partial charge in [-0.15, -0.1) is 29.9 Å². The minimum Gasteiger partial charge on any atom is -0.467 e. The van der Waals surface area contributed by atoms with Crippen LogP contribution in [0.5, 0.6) is 12.0 Å². The van der Waals surface area contributed by atoms with Crippen molar-refractivity contribution in [3.8, 4) is 12.0 Å². The molecule has 12 nitrogen and oxygen atoms in total. The van der Waals surface area contributed by atoms with Crippen LogP contribution < -0.4 is 9.47 Å². The van der Waals surface area contributed by atoms with E-state index in [-0.39, 0.29) is 0 Å². The number of benzene rings is 2. The van der Waals surface area contributed by atoms with Gasteiger partial charge in [-0.3, -0.25) is 0 Å². The number of hydrogen-bond donors (Lipinski definition) is 0. The maximum Gasteiger partial charge on any atom is 0.331 e. The Hall–Kier alpha value is -5.30. The highest BCUT2D eigenvalue weighted by Crippen LogP contribution is 2.28. The summed E-state index contributed by atoms with van der Waals surface area (Å²) in [6, 6.07) is -1.62. The number of ether oxygens (including phenoxy) is 2. The molecule has 20 heteroatoms. The van der Waals surface area contributed by atoms with Gasteiger partial charge in [-0.2, -0.15) is 35.1 Å². The first-order valence-corrected chi connectivity index (χ1v) is 10.1. The number of halogens is 8. The topological polar surface area (TPSA) is 148 Å². The van der Waals surface area contributed by atoms with Gasteiger partial charge in [-0.25, -0.2) is 0 Å². The highest BCUT2D eigenvalue weighted by molar-refractivity contribution is 5.60. The average molecular weight is 578 g/mol. The van der Waals surface area contributed by atoms with Crippen LogP contribution in [0.4, 0.5) is 35.1 Å². The van der Waals surface area contributed by atoms with Crippen molar-refractivity contribution in [1.29, 1.82) is 0 Å². The lowest BCUT2D eigenvalue weighted by atomic mass is 10.3. The van der Waals surface area contributed by atoms with Gasteiger partial charge in [0.2, 0.25) is 68.9 Å². The van der Waals surface area contributed by atoms with Crippen molar-refractivity contribution in [3.05, 3.63) is 46.5 Å². The lowest BCUT2D eigenvalue weighted by Crippen LogP contribution is -2.00. The molecule has 0 amide bonds. The van der Waals surface area contributed by atoms with E-state index in [0.29, 0.717) is 0 Å². The van der Waals surface area contributed by atoms with Crippen molar-refractivity contribution in [3.63, 3.8) is 0 Å². The van der Waals surface area contributed by atoms with Gasteiger partial charge in [0.25, 0.3) is 0 Å². The predicted molar refractivity (Wildman–Crippen MR) is 109 cm³/mol. The Morgan fingerprint density at radius 3 is 0.750 bits per heavy atom. The monoisotopic (exact) mass is 578 g/mol. The zero-order chi connectivity index (χ0) is 28.9. The van der Waals surface area contributed by atoms with E-state index < -0.39 is 104 Å². The van der Waals surface area contributed by atoms with Crippen molar-refractivity contribution >= 4 is 45.7 Å². The van der Waals surface area contributed by atoms with Crippen LogP contribution in [0.1, 0.15) is 0 Å². The average Bonchev–Trinajstić information content (AvgIpc) is 2.95. The smallest absolute Gasteiger partial charge is 0.331 e. The third-order valence-electron chi connectivity index (χ3n) is 4.65. The van der Waals surface area contributed by atoms with Crippen LogP contribution in [0, 0.1) is 46.5 Å². The molecule has 40 heavy (non-hydrogen) atoms. The summed E-state index contributed by atoms with van der Waals surface area (Å²) >= 11 is 0. The molecule has 6 heterocycles. The summed E-state index contributed by atoms with van der Waals surface area (Å²) in [7, 11) is 1.86. The largest absolute Gasteiger partial charge is 0.467 e. The van der Waals surface area contributed by atoms with Gasteiger partial charge in [0, 0.05) is 0 Å². The van der Waals surface area contributed by atoms with Gasteiger partial charge in [-0.05, 0) is 0 Å². The van der Waals surface area contributed by atoms with Crippen LogP contribution in [0.3, 0.4) is 0 Å². The van der Waals surface area contributed by atoms with Crippen molar-refractivity contribution in [2.45, 2.75) is 0 Å². The summed E-state index contributed by atoms with van der Waals surface area (Å²) in [6.45, 7) is 0. The molecule has 2 aromatic carbocycles. The van der Waals surface area contributed by atoms with E-state index in [2.05, 4.69) is 57.0 Å². The minimum atomic E-state index is -2.19. The molecule has 0 N–H and O–H groups in total. The molecular formula is C20H6F8N6O6. The van der Waals surface area contributed by atoms with E-state index in [4.69, 9.17) is 0 Å². The van der Waals surface area contributed by atoms with Crippen molar-refractivity contribution in [2.24, 2.45) is 0 Å². The Morgan fingerprint density at radius 2 is 0.575 bits per heavy atom. The Labute approximate surface area is 211 Å². The molecule has 0 atom stereocenters. The summed E-state index contributed by atoms with van der Waals surface area (Å²) < 4.78 is 146. The standard InChI is InChI=1S/C20H6F8N6O6/c1-35-15-29-17-33-18(30-15)38-12-5(23)9(27)14(10(28)6(12)24)40-20-32-16(36-2)31-19(34-20)39-13-7(25)3(21)11(37-17)4(22)8(13)26/h1-2H3. The fourth-order valence-corrected chi connectivity index (χ4v) is 2.91. The first-order valence-electron chi connectivity index (χ1n) is 10.1. The fraction of sp³-hybridized carbons (Fsp3) is 0.100. The summed E-state index contributed by atoms with van der Waals surface area (Å²) in [4.78, 5) is 20.1. The SMILES string of the molecule is COc1nc2nc(n1)oc1c(F)c(F)c(oc3nc(OC)nc(n3)oc3c(F)c(F)c(o2)c(F)c3F)c(F)c1F. The molecule has 0 aliphatic heterocycles. The molecule has 0 aliphatic rings. The maximum atomic E-state index is 14.8. The highest BCUT2D eigenvalue weighted by Gasteiger charge is 2.26. The van der Waals surface area contributed by atoms with E-state index in [1.54, 1.807) is 0 Å². The van der Waals surface area contributed by atoms with Gasteiger partial charge in [0.15, 0.2) is 0 Å². The minimum absolute atomic E-state index is 0.812. The van der Waals surface area contributed by atoms with Crippen LogP contribution in [0.2, 0.25) is 0 Å². The number of hydrogen-bond acceptors (Lipinski definition) is 12. The maximum absolute atomic E-state index is 14.8. The van der Waals surface area contributed by atoms with Crippen LogP contribution in [-0.2, 0) is 0 Å². The zero-order valence-corrected chi connectivity index (χ0v) is 19.2. The van der Waals surface area contributed by atoms with Crippen LogP contribution >= 0.6 is 0 Å². The molecule has 0 radical (unpaired) electrons.